The highest BCUT2D eigenvalue weighted by Gasteiger charge is 2.55. The van der Waals surface area contributed by atoms with Crippen molar-refractivity contribution in [3.05, 3.63) is 71.8 Å². The van der Waals surface area contributed by atoms with Gasteiger partial charge in [-0.05, 0) is 25.0 Å². The second-order valence-electron chi connectivity index (χ2n) is 6.06. The molecule has 108 valence electrons. The van der Waals surface area contributed by atoms with Gasteiger partial charge in [-0.3, -0.25) is 4.79 Å². The van der Waals surface area contributed by atoms with Gasteiger partial charge in [-0.15, -0.1) is 0 Å². The molecule has 2 heteroatoms. The number of amides is 1. The van der Waals surface area contributed by atoms with E-state index >= 15 is 0 Å². The van der Waals surface area contributed by atoms with Crippen molar-refractivity contribution in [2.24, 2.45) is 5.92 Å². The fourth-order valence-electron chi connectivity index (χ4n) is 3.20. The van der Waals surface area contributed by atoms with Crippen LogP contribution in [0, 0.1) is 5.92 Å². The molecule has 1 aliphatic rings. The number of rotatable bonds is 4. The summed E-state index contributed by atoms with van der Waals surface area (Å²) in [6.45, 7) is 4.02. The molecule has 2 atom stereocenters. The van der Waals surface area contributed by atoms with Gasteiger partial charge in [0.2, 0.25) is 5.91 Å². The highest BCUT2D eigenvalue weighted by atomic mass is 16.2. The van der Waals surface area contributed by atoms with Gasteiger partial charge < -0.3 is 5.32 Å². The molecule has 0 spiro atoms. The van der Waals surface area contributed by atoms with Crippen LogP contribution in [0.3, 0.4) is 0 Å². The van der Waals surface area contributed by atoms with Crippen LogP contribution in [0.25, 0.3) is 0 Å². The lowest BCUT2D eigenvalue weighted by atomic mass is 10.0. The molecule has 1 aliphatic carbocycles. The van der Waals surface area contributed by atoms with Crippen molar-refractivity contribution in [2.75, 3.05) is 0 Å². The van der Waals surface area contributed by atoms with Gasteiger partial charge in [0.25, 0.3) is 0 Å². The van der Waals surface area contributed by atoms with Crippen LogP contribution in [0.15, 0.2) is 60.7 Å². The van der Waals surface area contributed by atoms with Crippen LogP contribution in [-0.2, 0) is 4.79 Å². The van der Waals surface area contributed by atoms with Crippen molar-refractivity contribution in [1.29, 1.82) is 0 Å². The Balaban J connectivity index is 1.88. The van der Waals surface area contributed by atoms with E-state index in [1.54, 1.807) is 0 Å². The van der Waals surface area contributed by atoms with E-state index in [4.69, 9.17) is 0 Å². The fourth-order valence-corrected chi connectivity index (χ4v) is 3.20. The average molecular weight is 279 g/mol. The van der Waals surface area contributed by atoms with Crippen molar-refractivity contribution in [1.82, 2.24) is 5.32 Å². The minimum absolute atomic E-state index is 0.0530. The van der Waals surface area contributed by atoms with Gasteiger partial charge >= 0.3 is 0 Å². The molecule has 1 fully saturated rings. The Bertz CT molecular complexity index is 560. The van der Waals surface area contributed by atoms with E-state index < -0.39 is 0 Å². The molecule has 3 rings (SSSR count). The molecule has 2 unspecified atom stereocenters. The molecule has 0 aliphatic heterocycles. The topological polar surface area (TPSA) is 29.1 Å². The zero-order valence-corrected chi connectivity index (χ0v) is 12.5. The van der Waals surface area contributed by atoms with Crippen LogP contribution < -0.4 is 5.32 Å². The molecular formula is C19H21NO. The quantitative estimate of drug-likeness (QED) is 0.908. The summed E-state index contributed by atoms with van der Waals surface area (Å²) in [6.07, 6.45) is 0. The fraction of sp³-hybridized carbons (Fsp3) is 0.316. The normalized spacial score (nSPS) is 23.9. The first-order chi connectivity index (χ1) is 10.2. The molecule has 0 bridgehead atoms. The lowest BCUT2D eigenvalue weighted by Gasteiger charge is -2.08. The monoisotopic (exact) mass is 279 g/mol. The van der Waals surface area contributed by atoms with Crippen molar-refractivity contribution in [3.8, 4) is 0 Å². The van der Waals surface area contributed by atoms with Gasteiger partial charge in [0.05, 0.1) is 5.92 Å². The Morgan fingerprint density at radius 3 is 1.67 bits per heavy atom. The van der Waals surface area contributed by atoms with Crippen LogP contribution in [0.5, 0.6) is 0 Å². The summed E-state index contributed by atoms with van der Waals surface area (Å²) in [6, 6.07) is 20.9. The first kappa shape index (κ1) is 13.9. The number of hydrogen-bond donors (Lipinski definition) is 1. The predicted octanol–water partition coefficient (Wildman–Crippen LogP) is 3.71. The molecule has 1 amide bonds. The van der Waals surface area contributed by atoms with Gasteiger partial charge in [-0.2, -0.15) is 0 Å². The Morgan fingerprint density at radius 1 is 0.857 bits per heavy atom. The van der Waals surface area contributed by atoms with Crippen LogP contribution in [-0.4, -0.2) is 11.9 Å². The zero-order chi connectivity index (χ0) is 14.8. The van der Waals surface area contributed by atoms with E-state index in [1.807, 2.05) is 50.2 Å². The molecule has 1 saturated carbocycles. The van der Waals surface area contributed by atoms with E-state index in [2.05, 4.69) is 29.6 Å². The Labute approximate surface area is 126 Å². The predicted molar refractivity (Wildman–Crippen MR) is 85.1 cm³/mol. The lowest BCUT2D eigenvalue weighted by molar-refractivity contribution is -0.123. The molecule has 0 heterocycles. The molecule has 2 aromatic rings. The third-order valence-corrected chi connectivity index (χ3v) is 4.12. The lowest BCUT2D eigenvalue weighted by Crippen LogP contribution is -2.32. The molecule has 0 radical (unpaired) electrons. The molecular weight excluding hydrogens is 258 g/mol. The molecule has 2 aromatic carbocycles. The van der Waals surface area contributed by atoms with Crippen LogP contribution in [0.1, 0.15) is 36.8 Å². The largest absolute Gasteiger partial charge is 0.354 e. The Kier molecular flexibility index (Phi) is 3.78. The second kappa shape index (κ2) is 5.72. The number of carbonyl (C=O) groups excluding carboxylic acids is 1. The summed E-state index contributed by atoms with van der Waals surface area (Å²) in [5.41, 5.74) is 2.52. The molecule has 21 heavy (non-hydrogen) atoms. The van der Waals surface area contributed by atoms with Gasteiger partial charge in [0, 0.05) is 17.9 Å². The first-order valence-corrected chi connectivity index (χ1v) is 7.58. The molecule has 0 saturated heterocycles. The molecule has 1 N–H and O–H groups in total. The average Bonchev–Trinajstić information content (AvgIpc) is 3.24. The van der Waals surface area contributed by atoms with E-state index in [-0.39, 0.29) is 17.9 Å². The summed E-state index contributed by atoms with van der Waals surface area (Å²) < 4.78 is 0. The third kappa shape index (κ3) is 2.85. The van der Waals surface area contributed by atoms with Gasteiger partial charge in [-0.25, -0.2) is 0 Å². The van der Waals surface area contributed by atoms with Crippen LogP contribution in [0.2, 0.25) is 0 Å². The first-order valence-electron chi connectivity index (χ1n) is 7.58. The van der Waals surface area contributed by atoms with E-state index in [1.165, 1.54) is 11.1 Å². The summed E-state index contributed by atoms with van der Waals surface area (Å²) in [5.74, 6) is 0.824. The number of hydrogen-bond acceptors (Lipinski definition) is 1. The van der Waals surface area contributed by atoms with E-state index in [9.17, 15) is 4.79 Å². The Morgan fingerprint density at radius 2 is 1.29 bits per heavy atom. The van der Waals surface area contributed by atoms with Crippen molar-refractivity contribution >= 4 is 5.91 Å². The number of nitrogens with one attached hydrogen (secondary N) is 1. The van der Waals surface area contributed by atoms with Crippen molar-refractivity contribution in [3.63, 3.8) is 0 Å². The smallest absolute Gasteiger partial charge is 0.224 e. The van der Waals surface area contributed by atoms with Crippen molar-refractivity contribution < 1.29 is 4.79 Å². The Hall–Kier alpha value is -2.09. The summed E-state index contributed by atoms with van der Waals surface area (Å²) in [5, 5.41) is 3.07. The minimum Gasteiger partial charge on any atom is -0.354 e. The maximum absolute atomic E-state index is 12.5. The minimum atomic E-state index is 0.0530. The van der Waals surface area contributed by atoms with Gasteiger partial charge in [0.1, 0.15) is 0 Å². The van der Waals surface area contributed by atoms with E-state index in [0.29, 0.717) is 11.8 Å². The standard InChI is InChI=1S/C19H21NO/c1-13(2)20-19(21)18-16(14-9-5-3-6-10-14)17(18)15-11-7-4-8-12-15/h3-13,16-18H,1-2H3,(H,20,21). The van der Waals surface area contributed by atoms with Crippen LogP contribution in [0.4, 0.5) is 0 Å². The maximum Gasteiger partial charge on any atom is 0.224 e. The van der Waals surface area contributed by atoms with E-state index in [0.717, 1.165) is 0 Å². The summed E-state index contributed by atoms with van der Waals surface area (Å²) >= 11 is 0. The second-order valence-corrected chi connectivity index (χ2v) is 6.06. The highest BCUT2D eigenvalue weighted by Crippen LogP contribution is 2.60. The SMILES string of the molecule is CC(C)NC(=O)C1C(c2ccccc2)C1c1ccccc1. The third-order valence-electron chi connectivity index (χ3n) is 4.12. The molecule has 0 aromatic heterocycles. The zero-order valence-electron chi connectivity index (χ0n) is 12.5. The highest BCUT2D eigenvalue weighted by molar-refractivity contribution is 5.85. The number of carbonyl (C=O) groups is 1. The summed E-state index contributed by atoms with van der Waals surface area (Å²) in [7, 11) is 0. The van der Waals surface area contributed by atoms with Crippen molar-refractivity contribution in [2.45, 2.75) is 31.7 Å². The van der Waals surface area contributed by atoms with Crippen LogP contribution >= 0.6 is 0 Å². The maximum atomic E-state index is 12.5. The molecule has 2 nitrogen and oxygen atoms in total. The van der Waals surface area contributed by atoms with Gasteiger partial charge in [-0.1, -0.05) is 60.7 Å². The summed E-state index contributed by atoms with van der Waals surface area (Å²) in [4.78, 5) is 12.5. The van der Waals surface area contributed by atoms with Gasteiger partial charge in [0.15, 0.2) is 0 Å². The number of benzene rings is 2.